The Morgan fingerprint density at radius 3 is 2.57 bits per heavy atom. The molecule has 14 heavy (non-hydrogen) atoms. The number of aromatic nitrogens is 2. The van der Waals surface area contributed by atoms with Crippen LogP contribution >= 0.6 is 15.9 Å². The molecule has 0 amide bonds. The molecule has 0 saturated heterocycles. The molecule has 0 aliphatic heterocycles. The Balaban J connectivity index is 2.47. The molecule has 0 aliphatic carbocycles. The molecule has 0 aliphatic rings. The van der Waals surface area contributed by atoms with Crippen LogP contribution in [0.1, 0.15) is 11.5 Å². The standard InChI is InChI=1S/C10H9BrN2O/c1-6-3-4-8(5-9(6)11)10-13-12-7(2)14-10/h3-5H,1-2H3. The van der Waals surface area contributed by atoms with Gasteiger partial charge in [0.05, 0.1) is 0 Å². The lowest BCUT2D eigenvalue weighted by Crippen LogP contribution is -1.80. The van der Waals surface area contributed by atoms with Gasteiger partial charge in [0.15, 0.2) is 0 Å². The van der Waals surface area contributed by atoms with E-state index in [0.29, 0.717) is 11.8 Å². The minimum absolute atomic E-state index is 0.559. The van der Waals surface area contributed by atoms with E-state index in [0.717, 1.165) is 10.0 Å². The van der Waals surface area contributed by atoms with Crippen LogP contribution in [0.2, 0.25) is 0 Å². The lowest BCUT2D eigenvalue weighted by molar-refractivity contribution is 0.533. The van der Waals surface area contributed by atoms with Gasteiger partial charge in [-0.1, -0.05) is 22.0 Å². The molecule has 72 valence electrons. The minimum atomic E-state index is 0.559. The quantitative estimate of drug-likeness (QED) is 0.783. The molecule has 1 heterocycles. The first-order chi connectivity index (χ1) is 6.66. The van der Waals surface area contributed by atoms with Crippen molar-refractivity contribution in [2.24, 2.45) is 0 Å². The van der Waals surface area contributed by atoms with Crippen molar-refractivity contribution in [3.05, 3.63) is 34.1 Å². The first-order valence-corrected chi connectivity index (χ1v) is 5.03. The van der Waals surface area contributed by atoms with Gasteiger partial charge in [0.2, 0.25) is 11.8 Å². The van der Waals surface area contributed by atoms with E-state index in [9.17, 15) is 0 Å². The molecule has 0 unspecified atom stereocenters. The van der Waals surface area contributed by atoms with Crippen molar-refractivity contribution in [3.63, 3.8) is 0 Å². The van der Waals surface area contributed by atoms with E-state index in [4.69, 9.17) is 4.42 Å². The highest BCUT2D eigenvalue weighted by Gasteiger charge is 2.06. The summed E-state index contributed by atoms with van der Waals surface area (Å²) >= 11 is 3.46. The van der Waals surface area contributed by atoms with Crippen LogP contribution in [0.3, 0.4) is 0 Å². The molecular weight excluding hydrogens is 244 g/mol. The summed E-state index contributed by atoms with van der Waals surface area (Å²) in [4.78, 5) is 0. The van der Waals surface area contributed by atoms with E-state index in [1.165, 1.54) is 5.56 Å². The maximum absolute atomic E-state index is 5.32. The zero-order chi connectivity index (χ0) is 10.1. The maximum Gasteiger partial charge on any atom is 0.247 e. The van der Waals surface area contributed by atoms with Crippen LogP contribution in [0, 0.1) is 13.8 Å². The number of nitrogens with zero attached hydrogens (tertiary/aromatic N) is 2. The van der Waals surface area contributed by atoms with Gasteiger partial charge >= 0.3 is 0 Å². The molecule has 2 rings (SSSR count). The summed E-state index contributed by atoms with van der Waals surface area (Å²) < 4.78 is 6.37. The molecule has 0 bridgehead atoms. The SMILES string of the molecule is Cc1nnc(-c2ccc(C)c(Br)c2)o1. The smallest absolute Gasteiger partial charge is 0.247 e. The molecule has 0 saturated carbocycles. The van der Waals surface area contributed by atoms with Crippen molar-refractivity contribution >= 4 is 15.9 Å². The third-order valence-corrected chi connectivity index (χ3v) is 2.80. The summed E-state index contributed by atoms with van der Waals surface area (Å²) in [5, 5.41) is 7.73. The van der Waals surface area contributed by atoms with E-state index in [1.54, 1.807) is 6.92 Å². The molecule has 0 fully saturated rings. The Hall–Kier alpha value is -1.16. The van der Waals surface area contributed by atoms with Crippen molar-refractivity contribution < 1.29 is 4.42 Å². The van der Waals surface area contributed by atoms with Gasteiger partial charge in [-0.15, -0.1) is 10.2 Å². The second kappa shape index (κ2) is 3.53. The topological polar surface area (TPSA) is 38.9 Å². The number of aryl methyl sites for hydroxylation is 2. The Bertz CT molecular complexity index is 465. The molecule has 0 atom stereocenters. The minimum Gasteiger partial charge on any atom is -0.421 e. The van der Waals surface area contributed by atoms with Crippen LogP contribution in [0.25, 0.3) is 11.5 Å². The molecule has 3 nitrogen and oxygen atoms in total. The molecule has 0 spiro atoms. The summed E-state index contributed by atoms with van der Waals surface area (Å²) in [6, 6.07) is 5.95. The van der Waals surface area contributed by atoms with Gasteiger partial charge in [-0.3, -0.25) is 0 Å². The number of hydrogen-bond donors (Lipinski definition) is 0. The molecule has 0 radical (unpaired) electrons. The number of halogens is 1. The Labute approximate surface area is 90.3 Å². The van der Waals surface area contributed by atoms with Gasteiger partial charge in [0.25, 0.3) is 0 Å². The molecule has 2 aromatic rings. The summed E-state index contributed by atoms with van der Waals surface area (Å²) in [6.07, 6.45) is 0. The third-order valence-electron chi connectivity index (χ3n) is 1.94. The van der Waals surface area contributed by atoms with Gasteiger partial charge in [0, 0.05) is 17.0 Å². The van der Waals surface area contributed by atoms with Crippen LogP contribution in [-0.4, -0.2) is 10.2 Å². The van der Waals surface area contributed by atoms with Gasteiger partial charge in [-0.05, 0) is 24.6 Å². The molecule has 1 aromatic heterocycles. The van der Waals surface area contributed by atoms with Crippen molar-refractivity contribution in [3.8, 4) is 11.5 Å². The monoisotopic (exact) mass is 252 g/mol. The van der Waals surface area contributed by atoms with E-state index in [1.807, 2.05) is 25.1 Å². The van der Waals surface area contributed by atoms with Crippen LogP contribution in [0.5, 0.6) is 0 Å². The van der Waals surface area contributed by atoms with Crippen LogP contribution in [0.4, 0.5) is 0 Å². The fourth-order valence-corrected chi connectivity index (χ4v) is 1.52. The summed E-state index contributed by atoms with van der Waals surface area (Å²) in [5.41, 5.74) is 2.12. The molecule has 1 aromatic carbocycles. The van der Waals surface area contributed by atoms with Crippen molar-refractivity contribution in [1.82, 2.24) is 10.2 Å². The van der Waals surface area contributed by atoms with Gasteiger partial charge < -0.3 is 4.42 Å². The summed E-state index contributed by atoms with van der Waals surface area (Å²) in [7, 11) is 0. The Kier molecular flexibility index (Phi) is 2.37. The third kappa shape index (κ3) is 1.70. The predicted molar refractivity (Wildman–Crippen MR) is 56.9 cm³/mol. The van der Waals surface area contributed by atoms with Crippen molar-refractivity contribution in [2.45, 2.75) is 13.8 Å². The first kappa shape index (κ1) is 9.40. The largest absolute Gasteiger partial charge is 0.421 e. The molecule has 0 N–H and O–H groups in total. The zero-order valence-electron chi connectivity index (χ0n) is 7.91. The average Bonchev–Trinajstić information content (AvgIpc) is 2.57. The average molecular weight is 253 g/mol. The highest BCUT2D eigenvalue weighted by molar-refractivity contribution is 9.10. The van der Waals surface area contributed by atoms with Crippen LogP contribution in [-0.2, 0) is 0 Å². The van der Waals surface area contributed by atoms with Crippen LogP contribution < -0.4 is 0 Å². The number of hydrogen-bond acceptors (Lipinski definition) is 3. The van der Waals surface area contributed by atoms with E-state index in [2.05, 4.69) is 26.1 Å². The maximum atomic E-state index is 5.32. The Morgan fingerprint density at radius 2 is 2.00 bits per heavy atom. The lowest BCUT2D eigenvalue weighted by Gasteiger charge is -1.99. The second-order valence-corrected chi connectivity index (χ2v) is 3.94. The van der Waals surface area contributed by atoms with Gasteiger partial charge in [-0.25, -0.2) is 0 Å². The number of benzene rings is 1. The van der Waals surface area contributed by atoms with E-state index in [-0.39, 0.29) is 0 Å². The van der Waals surface area contributed by atoms with E-state index < -0.39 is 0 Å². The van der Waals surface area contributed by atoms with Crippen molar-refractivity contribution in [2.75, 3.05) is 0 Å². The fraction of sp³-hybridized carbons (Fsp3) is 0.200. The second-order valence-electron chi connectivity index (χ2n) is 3.09. The summed E-state index contributed by atoms with van der Waals surface area (Å²) in [6.45, 7) is 3.81. The van der Waals surface area contributed by atoms with Gasteiger partial charge in [-0.2, -0.15) is 0 Å². The van der Waals surface area contributed by atoms with Gasteiger partial charge in [0.1, 0.15) is 0 Å². The molecule has 4 heteroatoms. The highest BCUT2D eigenvalue weighted by Crippen LogP contribution is 2.24. The van der Waals surface area contributed by atoms with E-state index >= 15 is 0 Å². The number of rotatable bonds is 1. The van der Waals surface area contributed by atoms with Crippen LogP contribution in [0.15, 0.2) is 27.1 Å². The molecular formula is C10H9BrN2O. The lowest BCUT2D eigenvalue weighted by atomic mass is 10.1. The predicted octanol–water partition coefficient (Wildman–Crippen LogP) is 3.12. The highest BCUT2D eigenvalue weighted by atomic mass is 79.9. The Morgan fingerprint density at radius 1 is 1.21 bits per heavy atom. The van der Waals surface area contributed by atoms with Crippen molar-refractivity contribution in [1.29, 1.82) is 0 Å². The first-order valence-electron chi connectivity index (χ1n) is 4.23. The fourth-order valence-electron chi connectivity index (χ4n) is 1.14. The normalized spacial score (nSPS) is 10.5. The zero-order valence-corrected chi connectivity index (χ0v) is 9.50. The summed E-state index contributed by atoms with van der Waals surface area (Å²) in [5.74, 6) is 1.14.